The molecule has 0 aromatic carbocycles. The molecule has 2 aromatic heterocycles. The van der Waals surface area contributed by atoms with Crippen LogP contribution in [0.15, 0.2) is 12.1 Å². The predicted molar refractivity (Wildman–Crippen MR) is 89.6 cm³/mol. The molecule has 0 aliphatic rings. The molecule has 8 heteroatoms. The number of aryl methyl sites for hydroxylation is 2. The number of thiophene rings is 1. The van der Waals surface area contributed by atoms with Crippen LogP contribution in [-0.2, 0) is 11.2 Å². The summed E-state index contributed by atoms with van der Waals surface area (Å²) in [5.74, 6) is 1.07. The van der Waals surface area contributed by atoms with E-state index in [-0.39, 0.29) is 17.9 Å². The standard InChI is InChI=1S/C14H18ClN5OS/c1-8(4-5-11-6-7-12(15)22-11)16-13-17-9(2)18-14(20-13)19-10(3)21/h6-8H,4-5H2,1-3H3,(H2,16,17,18,19,20,21). The molecular formula is C14H18ClN5OS. The van der Waals surface area contributed by atoms with Crippen molar-refractivity contribution in [1.29, 1.82) is 0 Å². The SMILES string of the molecule is CC(=O)Nc1nc(C)nc(NC(C)CCc2ccc(Cl)s2)n1. The number of rotatable bonds is 6. The molecule has 2 heterocycles. The lowest BCUT2D eigenvalue weighted by molar-refractivity contribution is -0.114. The maximum atomic E-state index is 11.1. The van der Waals surface area contributed by atoms with Gasteiger partial charge in [0.25, 0.3) is 0 Å². The fourth-order valence-electron chi connectivity index (χ4n) is 1.90. The van der Waals surface area contributed by atoms with Crippen molar-refractivity contribution in [2.45, 2.75) is 39.7 Å². The smallest absolute Gasteiger partial charge is 0.234 e. The van der Waals surface area contributed by atoms with Gasteiger partial charge in [0.1, 0.15) is 5.82 Å². The topological polar surface area (TPSA) is 79.8 Å². The average molecular weight is 340 g/mol. The molecule has 1 unspecified atom stereocenters. The summed E-state index contributed by atoms with van der Waals surface area (Å²) in [5.41, 5.74) is 0. The van der Waals surface area contributed by atoms with E-state index in [0.29, 0.717) is 11.8 Å². The molecule has 118 valence electrons. The van der Waals surface area contributed by atoms with E-state index < -0.39 is 0 Å². The third-order valence-electron chi connectivity index (χ3n) is 2.86. The molecule has 2 aromatic rings. The Morgan fingerprint density at radius 2 is 2.05 bits per heavy atom. The number of carbonyl (C=O) groups excluding carboxylic acids is 1. The second-order valence-electron chi connectivity index (χ2n) is 5.00. The zero-order valence-electron chi connectivity index (χ0n) is 12.7. The van der Waals surface area contributed by atoms with Crippen molar-refractivity contribution in [2.24, 2.45) is 0 Å². The van der Waals surface area contributed by atoms with Crippen LogP contribution in [0.5, 0.6) is 0 Å². The van der Waals surface area contributed by atoms with E-state index in [1.807, 2.05) is 12.1 Å². The van der Waals surface area contributed by atoms with Gasteiger partial charge in [-0.2, -0.15) is 15.0 Å². The summed E-state index contributed by atoms with van der Waals surface area (Å²) < 4.78 is 0.809. The van der Waals surface area contributed by atoms with Crippen LogP contribution in [0.2, 0.25) is 4.34 Å². The average Bonchev–Trinajstić information content (AvgIpc) is 2.80. The molecular weight excluding hydrogens is 322 g/mol. The summed E-state index contributed by atoms with van der Waals surface area (Å²) in [5, 5.41) is 5.80. The van der Waals surface area contributed by atoms with Gasteiger partial charge in [-0.05, 0) is 38.8 Å². The van der Waals surface area contributed by atoms with Gasteiger partial charge in [0.05, 0.1) is 4.34 Å². The minimum Gasteiger partial charge on any atom is -0.352 e. The Labute approximate surface area is 138 Å². The summed E-state index contributed by atoms with van der Waals surface area (Å²) in [7, 11) is 0. The number of carbonyl (C=O) groups is 1. The molecule has 0 radical (unpaired) electrons. The van der Waals surface area contributed by atoms with E-state index in [1.54, 1.807) is 18.3 Å². The highest BCUT2D eigenvalue weighted by Gasteiger charge is 2.09. The molecule has 1 atom stereocenters. The van der Waals surface area contributed by atoms with Gasteiger partial charge >= 0.3 is 0 Å². The largest absolute Gasteiger partial charge is 0.352 e. The first-order valence-electron chi connectivity index (χ1n) is 6.93. The summed E-state index contributed by atoms with van der Waals surface area (Å²) in [6, 6.07) is 4.14. The van der Waals surface area contributed by atoms with Gasteiger partial charge in [-0.25, -0.2) is 0 Å². The van der Waals surface area contributed by atoms with E-state index in [1.165, 1.54) is 11.8 Å². The van der Waals surface area contributed by atoms with Gasteiger partial charge in [0.2, 0.25) is 17.8 Å². The summed E-state index contributed by atoms with van der Waals surface area (Å²) in [4.78, 5) is 24.8. The zero-order valence-corrected chi connectivity index (χ0v) is 14.3. The van der Waals surface area contributed by atoms with Crippen LogP contribution >= 0.6 is 22.9 Å². The second kappa shape index (κ2) is 7.51. The van der Waals surface area contributed by atoms with Crippen molar-refractivity contribution in [3.63, 3.8) is 0 Å². The summed E-state index contributed by atoms with van der Waals surface area (Å²) in [6.45, 7) is 5.24. The number of aromatic nitrogens is 3. The molecule has 0 fully saturated rings. The van der Waals surface area contributed by atoms with E-state index >= 15 is 0 Å². The van der Waals surface area contributed by atoms with Crippen LogP contribution in [0.1, 0.15) is 31.0 Å². The van der Waals surface area contributed by atoms with Crippen molar-refractivity contribution in [1.82, 2.24) is 15.0 Å². The first-order valence-corrected chi connectivity index (χ1v) is 8.13. The number of nitrogens with one attached hydrogen (secondary N) is 2. The fraction of sp³-hybridized carbons (Fsp3) is 0.429. The molecule has 2 N–H and O–H groups in total. The Kier molecular flexibility index (Phi) is 5.68. The molecule has 22 heavy (non-hydrogen) atoms. The zero-order chi connectivity index (χ0) is 16.1. The molecule has 2 rings (SSSR count). The van der Waals surface area contributed by atoms with Gasteiger partial charge in [0, 0.05) is 17.8 Å². The van der Waals surface area contributed by atoms with Crippen LogP contribution in [0.4, 0.5) is 11.9 Å². The third-order valence-corrected chi connectivity index (χ3v) is 4.15. The fourth-order valence-corrected chi connectivity index (χ4v) is 3.00. The highest BCUT2D eigenvalue weighted by molar-refractivity contribution is 7.16. The number of nitrogens with zero attached hydrogens (tertiary/aromatic N) is 3. The Morgan fingerprint density at radius 3 is 2.68 bits per heavy atom. The van der Waals surface area contributed by atoms with Crippen molar-refractivity contribution in [3.8, 4) is 0 Å². The maximum absolute atomic E-state index is 11.1. The number of halogens is 1. The molecule has 0 saturated carbocycles. The monoisotopic (exact) mass is 339 g/mol. The van der Waals surface area contributed by atoms with Gasteiger partial charge in [-0.3, -0.25) is 10.1 Å². The molecule has 0 aliphatic heterocycles. The lowest BCUT2D eigenvalue weighted by Crippen LogP contribution is -2.19. The number of amides is 1. The number of hydrogen-bond donors (Lipinski definition) is 2. The van der Waals surface area contributed by atoms with Gasteiger partial charge in [-0.15, -0.1) is 11.3 Å². The quantitative estimate of drug-likeness (QED) is 0.844. The predicted octanol–water partition coefficient (Wildman–Crippen LogP) is 3.29. The molecule has 0 spiro atoms. The third kappa shape index (κ3) is 5.23. The minimum absolute atomic E-state index is 0.188. The van der Waals surface area contributed by atoms with Crippen molar-refractivity contribution in [3.05, 3.63) is 27.2 Å². The van der Waals surface area contributed by atoms with E-state index in [0.717, 1.165) is 17.2 Å². The first-order chi connectivity index (χ1) is 10.4. The van der Waals surface area contributed by atoms with Crippen LogP contribution in [0.25, 0.3) is 0 Å². The van der Waals surface area contributed by atoms with E-state index in [4.69, 9.17) is 11.6 Å². The first kappa shape index (κ1) is 16.6. The van der Waals surface area contributed by atoms with Crippen molar-refractivity contribution < 1.29 is 4.79 Å². The molecule has 0 saturated heterocycles. The van der Waals surface area contributed by atoms with Gasteiger partial charge < -0.3 is 5.32 Å². The molecule has 0 aliphatic carbocycles. The van der Waals surface area contributed by atoms with Gasteiger partial charge in [0.15, 0.2) is 0 Å². The summed E-state index contributed by atoms with van der Waals surface area (Å²) >= 11 is 7.52. The second-order valence-corrected chi connectivity index (χ2v) is 6.80. The Bertz CT molecular complexity index is 660. The van der Waals surface area contributed by atoms with Crippen LogP contribution < -0.4 is 10.6 Å². The number of anilines is 2. The molecule has 6 nitrogen and oxygen atoms in total. The van der Waals surface area contributed by atoms with Crippen LogP contribution in [0, 0.1) is 6.92 Å². The van der Waals surface area contributed by atoms with E-state index in [9.17, 15) is 4.79 Å². The van der Waals surface area contributed by atoms with Gasteiger partial charge in [-0.1, -0.05) is 11.6 Å². The molecule has 0 bridgehead atoms. The highest BCUT2D eigenvalue weighted by atomic mass is 35.5. The van der Waals surface area contributed by atoms with Crippen molar-refractivity contribution in [2.75, 3.05) is 10.6 Å². The lowest BCUT2D eigenvalue weighted by Gasteiger charge is -2.14. The lowest BCUT2D eigenvalue weighted by atomic mass is 10.1. The van der Waals surface area contributed by atoms with E-state index in [2.05, 4.69) is 32.5 Å². The van der Waals surface area contributed by atoms with Crippen LogP contribution in [0.3, 0.4) is 0 Å². The van der Waals surface area contributed by atoms with Crippen molar-refractivity contribution >= 4 is 40.7 Å². The van der Waals surface area contributed by atoms with Crippen LogP contribution in [-0.4, -0.2) is 26.9 Å². The normalized spacial score (nSPS) is 12.0. The highest BCUT2D eigenvalue weighted by Crippen LogP contribution is 2.23. The maximum Gasteiger partial charge on any atom is 0.234 e. The Hall–Kier alpha value is -1.73. The number of hydrogen-bond acceptors (Lipinski definition) is 6. The Balaban J connectivity index is 1.94. The summed E-state index contributed by atoms with van der Waals surface area (Å²) in [6.07, 6.45) is 1.87. The Morgan fingerprint density at radius 1 is 1.32 bits per heavy atom. The minimum atomic E-state index is -0.209. The molecule has 1 amide bonds.